The van der Waals surface area contributed by atoms with Gasteiger partial charge in [-0.2, -0.15) is 0 Å². The highest BCUT2D eigenvalue weighted by Gasteiger charge is 2.14. The number of nitrogens with zero attached hydrogens (tertiary/aromatic N) is 2. The third kappa shape index (κ3) is 5.99. The summed E-state index contributed by atoms with van der Waals surface area (Å²) in [6, 6.07) is 3.70. The van der Waals surface area contributed by atoms with E-state index in [0.29, 0.717) is 19.0 Å². The maximum Gasteiger partial charge on any atom is 0.239 e. The van der Waals surface area contributed by atoms with Gasteiger partial charge in [-0.3, -0.25) is 14.6 Å². The summed E-state index contributed by atoms with van der Waals surface area (Å²) in [7, 11) is 0. The zero-order valence-corrected chi connectivity index (χ0v) is 11.7. The molecular formula is C14H21N3O2. The quantitative estimate of drug-likeness (QED) is 0.839. The molecule has 2 amide bonds. The van der Waals surface area contributed by atoms with E-state index in [4.69, 9.17) is 0 Å². The summed E-state index contributed by atoms with van der Waals surface area (Å²) < 4.78 is 0. The SMILES string of the molecule is CC(=O)N(CC(=O)NCC(C)C)Cc1cccnc1. The van der Waals surface area contributed by atoms with Gasteiger partial charge in [-0.05, 0) is 17.5 Å². The maximum atomic E-state index is 11.7. The van der Waals surface area contributed by atoms with Gasteiger partial charge in [0.15, 0.2) is 0 Å². The van der Waals surface area contributed by atoms with Crippen LogP contribution in [0.2, 0.25) is 0 Å². The molecule has 5 nitrogen and oxygen atoms in total. The van der Waals surface area contributed by atoms with Crippen molar-refractivity contribution < 1.29 is 9.59 Å². The predicted molar refractivity (Wildman–Crippen MR) is 73.2 cm³/mol. The first-order chi connectivity index (χ1) is 8.99. The first kappa shape index (κ1) is 15.1. The molecule has 1 aromatic heterocycles. The Balaban J connectivity index is 2.54. The van der Waals surface area contributed by atoms with Crippen LogP contribution in [0.1, 0.15) is 26.3 Å². The maximum absolute atomic E-state index is 11.7. The van der Waals surface area contributed by atoms with Gasteiger partial charge in [0, 0.05) is 32.4 Å². The molecule has 0 unspecified atom stereocenters. The van der Waals surface area contributed by atoms with E-state index in [1.54, 1.807) is 12.4 Å². The molecule has 0 bridgehead atoms. The van der Waals surface area contributed by atoms with E-state index in [2.05, 4.69) is 10.3 Å². The van der Waals surface area contributed by atoms with Crippen molar-refractivity contribution in [3.63, 3.8) is 0 Å². The molecule has 1 heterocycles. The summed E-state index contributed by atoms with van der Waals surface area (Å²) >= 11 is 0. The Labute approximate surface area is 114 Å². The zero-order valence-electron chi connectivity index (χ0n) is 11.7. The van der Waals surface area contributed by atoms with E-state index >= 15 is 0 Å². The number of carbonyl (C=O) groups excluding carboxylic acids is 2. The minimum Gasteiger partial charge on any atom is -0.354 e. The molecule has 104 valence electrons. The van der Waals surface area contributed by atoms with Crippen molar-refractivity contribution in [1.82, 2.24) is 15.2 Å². The lowest BCUT2D eigenvalue weighted by atomic mass is 10.2. The molecule has 1 aromatic rings. The van der Waals surface area contributed by atoms with E-state index in [-0.39, 0.29) is 18.4 Å². The van der Waals surface area contributed by atoms with Gasteiger partial charge in [0.25, 0.3) is 0 Å². The smallest absolute Gasteiger partial charge is 0.239 e. The third-order valence-electron chi connectivity index (χ3n) is 2.58. The lowest BCUT2D eigenvalue weighted by Gasteiger charge is -2.20. The molecule has 0 spiro atoms. The number of hydrogen-bond donors (Lipinski definition) is 1. The summed E-state index contributed by atoms with van der Waals surface area (Å²) in [5.41, 5.74) is 0.911. The van der Waals surface area contributed by atoms with Crippen molar-refractivity contribution in [2.45, 2.75) is 27.3 Å². The van der Waals surface area contributed by atoms with Crippen LogP contribution in [0.5, 0.6) is 0 Å². The molecule has 1 rings (SSSR count). The highest BCUT2D eigenvalue weighted by atomic mass is 16.2. The van der Waals surface area contributed by atoms with Crippen LogP contribution in [0.15, 0.2) is 24.5 Å². The van der Waals surface area contributed by atoms with Crippen molar-refractivity contribution in [1.29, 1.82) is 0 Å². The molecule has 0 saturated heterocycles. The second-order valence-corrected chi connectivity index (χ2v) is 4.93. The van der Waals surface area contributed by atoms with Gasteiger partial charge in [-0.15, -0.1) is 0 Å². The first-order valence-corrected chi connectivity index (χ1v) is 6.40. The van der Waals surface area contributed by atoms with Gasteiger partial charge < -0.3 is 10.2 Å². The Morgan fingerprint density at radius 1 is 1.42 bits per heavy atom. The summed E-state index contributed by atoms with van der Waals surface area (Å²) in [6.07, 6.45) is 3.37. The van der Waals surface area contributed by atoms with Gasteiger partial charge >= 0.3 is 0 Å². The number of pyridine rings is 1. The molecule has 0 fully saturated rings. The second-order valence-electron chi connectivity index (χ2n) is 4.93. The van der Waals surface area contributed by atoms with Gasteiger partial charge in [0.2, 0.25) is 11.8 Å². The van der Waals surface area contributed by atoms with Crippen LogP contribution >= 0.6 is 0 Å². The molecular weight excluding hydrogens is 242 g/mol. The number of aromatic nitrogens is 1. The number of amides is 2. The number of hydrogen-bond acceptors (Lipinski definition) is 3. The molecule has 1 N–H and O–H groups in total. The van der Waals surface area contributed by atoms with Crippen LogP contribution in [0.4, 0.5) is 0 Å². The van der Waals surface area contributed by atoms with E-state index < -0.39 is 0 Å². The van der Waals surface area contributed by atoms with Gasteiger partial charge in [0.1, 0.15) is 0 Å². The summed E-state index contributed by atoms with van der Waals surface area (Å²) in [6.45, 7) is 6.62. The van der Waals surface area contributed by atoms with Crippen molar-refractivity contribution in [3.8, 4) is 0 Å². The van der Waals surface area contributed by atoms with Gasteiger partial charge in [-0.25, -0.2) is 0 Å². The van der Waals surface area contributed by atoms with Crippen molar-refractivity contribution in [3.05, 3.63) is 30.1 Å². The Bertz CT molecular complexity index is 418. The Kier molecular flexibility index (Phi) is 5.99. The third-order valence-corrected chi connectivity index (χ3v) is 2.58. The largest absolute Gasteiger partial charge is 0.354 e. The minimum absolute atomic E-state index is 0.0803. The Morgan fingerprint density at radius 2 is 2.16 bits per heavy atom. The van der Waals surface area contributed by atoms with Crippen LogP contribution < -0.4 is 5.32 Å². The number of nitrogens with one attached hydrogen (secondary N) is 1. The molecule has 0 aliphatic carbocycles. The average Bonchev–Trinajstić information content (AvgIpc) is 2.36. The normalized spacial score (nSPS) is 10.3. The van der Waals surface area contributed by atoms with Crippen LogP contribution in [-0.2, 0) is 16.1 Å². The number of carbonyl (C=O) groups is 2. The van der Waals surface area contributed by atoms with Crippen LogP contribution in [0.3, 0.4) is 0 Å². The second kappa shape index (κ2) is 7.51. The lowest BCUT2D eigenvalue weighted by Crippen LogP contribution is -2.40. The van der Waals surface area contributed by atoms with E-state index in [9.17, 15) is 9.59 Å². The van der Waals surface area contributed by atoms with Gasteiger partial charge in [0.05, 0.1) is 6.54 Å². The zero-order chi connectivity index (χ0) is 14.3. The first-order valence-electron chi connectivity index (χ1n) is 6.40. The van der Waals surface area contributed by atoms with Crippen molar-refractivity contribution in [2.75, 3.05) is 13.1 Å². The molecule has 5 heteroatoms. The van der Waals surface area contributed by atoms with E-state index in [0.717, 1.165) is 5.56 Å². The van der Waals surface area contributed by atoms with E-state index in [1.807, 2.05) is 26.0 Å². The fourth-order valence-corrected chi connectivity index (χ4v) is 1.54. The number of rotatable bonds is 6. The molecule has 0 aliphatic heterocycles. The van der Waals surface area contributed by atoms with Crippen molar-refractivity contribution >= 4 is 11.8 Å². The molecule has 0 aromatic carbocycles. The standard InChI is InChI=1S/C14H21N3O2/c1-11(2)7-16-14(19)10-17(12(3)18)9-13-5-4-6-15-8-13/h4-6,8,11H,7,9-10H2,1-3H3,(H,16,19). The van der Waals surface area contributed by atoms with Crippen LogP contribution in [-0.4, -0.2) is 34.8 Å². The van der Waals surface area contributed by atoms with Crippen LogP contribution in [0.25, 0.3) is 0 Å². The fraction of sp³-hybridized carbons (Fsp3) is 0.500. The highest BCUT2D eigenvalue weighted by molar-refractivity contribution is 5.83. The molecule has 0 saturated carbocycles. The summed E-state index contributed by atoms with van der Waals surface area (Å²) in [5.74, 6) is 0.143. The van der Waals surface area contributed by atoms with Crippen molar-refractivity contribution in [2.24, 2.45) is 5.92 Å². The molecule has 0 aliphatic rings. The fourth-order valence-electron chi connectivity index (χ4n) is 1.54. The topological polar surface area (TPSA) is 62.3 Å². The molecule has 0 atom stereocenters. The summed E-state index contributed by atoms with van der Waals surface area (Å²) in [4.78, 5) is 28.8. The summed E-state index contributed by atoms with van der Waals surface area (Å²) in [5, 5.41) is 2.80. The Hall–Kier alpha value is -1.91. The lowest BCUT2D eigenvalue weighted by molar-refractivity contribution is -0.135. The van der Waals surface area contributed by atoms with E-state index in [1.165, 1.54) is 11.8 Å². The average molecular weight is 263 g/mol. The predicted octanol–water partition coefficient (Wildman–Crippen LogP) is 1.20. The Morgan fingerprint density at radius 3 is 2.68 bits per heavy atom. The van der Waals surface area contributed by atoms with Crippen LogP contribution in [0, 0.1) is 5.92 Å². The van der Waals surface area contributed by atoms with Gasteiger partial charge in [-0.1, -0.05) is 19.9 Å². The highest BCUT2D eigenvalue weighted by Crippen LogP contribution is 2.03. The molecule has 19 heavy (non-hydrogen) atoms. The monoisotopic (exact) mass is 263 g/mol. The molecule has 0 radical (unpaired) electrons. The minimum atomic E-state index is -0.132.